The summed E-state index contributed by atoms with van der Waals surface area (Å²) in [6.45, 7) is 8.16. The molecule has 5 rings (SSSR count). The van der Waals surface area contributed by atoms with Gasteiger partial charge in [0.2, 0.25) is 0 Å². The number of allylic oxidation sites excluding steroid dienone is 4. The molecule has 0 unspecified atom stereocenters. The van der Waals surface area contributed by atoms with Gasteiger partial charge in [0.1, 0.15) is 16.4 Å². The smallest absolute Gasteiger partial charge is 0.339 e. The first-order valence-corrected chi connectivity index (χ1v) is 15.3. The minimum Gasteiger partial charge on any atom is -0.493 e. The average molecular weight is 663 g/mol. The van der Waals surface area contributed by atoms with Crippen molar-refractivity contribution in [1.82, 2.24) is 0 Å². The van der Waals surface area contributed by atoms with E-state index in [0.29, 0.717) is 57.5 Å². The van der Waals surface area contributed by atoms with E-state index in [1.807, 2.05) is 50.3 Å². The Kier molecular flexibility index (Phi) is 6.98. The lowest BCUT2D eigenvalue weighted by Gasteiger charge is -2.42. The van der Waals surface area contributed by atoms with Crippen molar-refractivity contribution in [2.45, 2.75) is 64.2 Å². The lowest BCUT2D eigenvalue weighted by atomic mass is 9.65. The van der Waals surface area contributed by atoms with E-state index >= 15 is 0 Å². The van der Waals surface area contributed by atoms with Gasteiger partial charge in [0, 0.05) is 42.7 Å². The summed E-state index contributed by atoms with van der Waals surface area (Å²) in [4.78, 5) is 27.2. The summed E-state index contributed by atoms with van der Waals surface area (Å²) in [5.74, 6) is 0.761. The topological polar surface area (TPSA) is 96.0 Å². The van der Waals surface area contributed by atoms with Gasteiger partial charge in [-0.25, -0.2) is 0 Å². The molecule has 0 N–H and O–H groups in total. The molecule has 0 atom stereocenters. The molecule has 3 aliphatic rings. The predicted molar refractivity (Wildman–Crippen MR) is 154 cm³/mol. The molecule has 0 saturated heterocycles. The summed E-state index contributed by atoms with van der Waals surface area (Å²) in [5.41, 5.74) is 1.14. The van der Waals surface area contributed by atoms with Crippen LogP contribution in [-0.4, -0.2) is 27.1 Å². The van der Waals surface area contributed by atoms with Gasteiger partial charge in [-0.2, -0.15) is 8.42 Å². The number of carbonyl (C=O) groups is 2. The number of ketones is 2. The van der Waals surface area contributed by atoms with Crippen molar-refractivity contribution < 1.29 is 31.7 Å². The van der Waals surface area contributed by atoms with Crippen LogP contribution in [0.25, 0.3) is 0 Å². The van der Waals surface area contributed by atoms with Gasteiger partial charge < -0.3 is 13.7 Å². The van der Waals surface area contributed by atoms with Gasteiger partial charge in [-0.1, -0.05) is 45.9 Å². The first-order chi connectivity index (χ1) is 18.2. The van der Waals surface area contributed by atoms with Crippen molar-refractivity contribution in [1.29, 1.82) is 0 Å². The zero-order chi connectivity index (χ0) is 28.3. The van der Waals surface area contributed by atoms with Gasteiger partial charge >= 0.3 is 10.1 Å². The monoisotopic (exact) mass is 662 g/mol. The van der Waals surface area contributed by atoms with Crippen LogP contribution in [0.15, 0.2) is 70.0 Å². The molecule has 39 heavy (non-hydrogen) atoms. The highest BCUT2D eigenvalue weighted by Gasteiger charge is 2.48. The molecule has 0 fully saturated rings. The minimum atomic E-state index is -4.12. The molecule has 9 heteroatoms. The first-order valence-electron chi connectivity index (χ1n) is 12.8. The minimum absolute atomic E-state index is 0.0202. The fourth-order valence-corrected chi connectivity index (χ4v) is 7.60. The number of carbonyl (C=O) groups excluding carboxylic acids is 2. The molecule has 0 amide bonds. The Hall–Kier alpha value is -2.66. The van der Waals surface area contributed by atoms with Crippen LogP contribution < -0.4 is 8.92 Å². The van der Waals surface area contributed by atoms with E-state index < -0.39 is 16.0 Å². The van der Waals surface area contributed by atoms with E-state index in [-0.39, 0.29) is 38.8 Å². The predicted octanol–water partition coefficient (Wildman–Crippen LogP) is 6.47. The van der Waals surface area contributed by atoms with Crippen molar-refractivity contribution in [2.24, 2.45) is 10.8 Å². The number of benzene rings is 2. The van der Waals surface area contributed by atoms with Crippen LogP contribution in [0.1, 0.15) is 64.9 Å². The standard InChI is InChI=1S/C30H31IO7S/c1-29(2)13-20(32)26-23(15-29)37-24-16-30(3,4)14-21(33)27(24)25(26)17-11-19(31)28(22(12-17)36-5)38-39(34,35)18-9-7-6-8-10-18/h6-12,25H,13-16H2,1-5H3. The fourth-order valence-electron chi connectivity index (χ4n) is 5.74. The van der Waals surface area contributed by atoms with Gasteiger partial charge in [0.15, 0.2) is 23.1 Å². The molecule has 2 aliphatic carbocycles. The van der Waals surface area contributed by atoms with Gasteiger partial charge in [0.25, 0.3) is 0 Å². The molecule has 0 radical (unpaired) electrons. The van der Waals surface area contributed by atoms with Crippen LogP contribution in [-0.2, 0) is 24.4 Å². The second-order valence-electron chi connectivity index (χ2n) is 12.0. The molecule has 2 aromatic carbocycles. The zero-order valence-electron chi connectivity index (χ0n) is 22.6. The molecule has 206 valence electrons. The lowest BCUT2D eigenvalue weighted by Crippen LogP contribution is -2.37. The van der Waals surface area contributed by atoms with Crippen molar-refractivity contribution >= 4 is 44.3 Å². The van der Waals surface area contributed by atoms with Crippen molar-refractivity contribution in [3.8, 4) is 11.5 Å². The largest absolute Gasteiger partial charge is 0.493 e. The maximum absolute atomic E-state index is 13.6. The normalized spacial score (nSPS) is 20.8. The van der Waals surface area contributed by atoms with Gasteiger partial charge in [-0.3, -0.25) is 9.59 Å². The number of ether oxygens (including phenoxy) is 2. The number of Topliss-reactive ketones (excluding diaryl/α,β-unsaturated/α-hetero) is 2. The van der Waals surface area contributed by atoms with E-state index in [4.69, 9.17) is 13.7 Å². The average Bonchev–Trinajstić information content (AvgIpc) is 2.82. The molecule has 0 aromatic heterocycles. The third-order valence-corrected chi connectivity index (χ3v) is 9.43. The molecular weight excluding hydrogens is 631 g/mol. The Morgan fingerprint density at radius 3 is 1.92 bits per heavy atom. The third kappa shape index (κ3) is 5.27. The van der Waals surface area contributed by atoms with Crippen LogP contribution in [0.3, 0.4) is 0 Å². The molecular formula is C30H31IO7S. The molecule has 1 aliphatic heterocycles. The maximum atomic E-state index is 13.6. The Balaban J connectivity index is 1.65. The third-order valence-electron chi connectivity index (χ3n) is 7.39. The molecule has 0 saturated carbocycles. The Morgan fingerprint density at radius 2 is 1.41 bits per heavy atom. The summed E-state index contributed by atoms with van der Waals surface area (Å²) in [6, 6.07) is 11.3. The van der Waals surface area contributed by atoms with Gasteiger partial charge in [0.05, 0.1) is 10.7 Å². The highest BCUT2D eigenvalue weighted by Crippen LogP contribution is 2.54. The van der Waals surface area contributed by atoms with Gasteiger partial charge in [-0.05, 0) is 63.2 Å². The first kappa shape index (κ1) is 27.9. The quantitative estimate of drug-likeness (QED) is 0.268. The second kappa shape index (κ2) is 9.76. The van der Waals surface area contributed by atoms with Crippen LogP contribution in [0.4, 0.5) is 0 Å². The van der Waals surface area contributed by atoms with E-state index in [1.54, 1.807) is 30.3 Å². The fraction of sp³-hybridized carbons (Fsp3) is 0.400. The molecule has 7 nitrogen and oxygen atoms in total. The highest BCUT2D eigenvalue weighted by atomic mass is 127. The van der Waals surface area contributed by atoms with Crippen LogP contribution in [0.5, 0.6) is 11.5 Å². The summed E-state index contributed by atoms with van der Waals surface area (Å²) in [7, 11) is -2.69. The summed E-state index contributed by atoms with van der Waals surface area (Å²) in [5, 5.41) is 0. The van der Waals surface area contributed by atoms with Crippen LogP contribution in [0.2, 0.25) is 0 Å². The van der Waals surface area contributed by atoms with E-state index in [2.05, 4.69) is 0 Å². The zero-order valence-corrected chi connectivity index (χ0v) is 25.6. The summed E-state index contributed by atoms with van der Waals surface area (Å²) >= 11 is 2.00. The number of halogens is 1. The van der Waals surface area contributed by atoms with Crippen molar-refractivity contribution in [2.75, 3.05) is 7.11 Å². The second-order valence-corrected chi connectivity index (χ2v) is 14.7. The van der Waals surface area contributed by atoms with Crippen LogP contribution >= 0.6 is 22.6 Å². The maximum Gasteiger partial charge on any atom is 0.339 e. The lowest BCUT2D eigenvalue weighted by molar-refractivity contribution is -0.120. The van der Waals surface area contributed by atoms with E-state index in [0.717, 1.165) is 0 Å². The van der Waals surface area contributed by atoms with Crippen molar-refractivity contribution in [3.63, 3.8) is 0 Å². The van der Waals surface area contributed by atoms with E-state index in [9.17, 15) is 18.0 Å². The number of hydrogen-bond acceptors (Lipinski definition) is 7. The van der Waals surface area contributed by atoms with E-state index in [1.165, 1.54) is 19.2 Å². The van der Waals surface area contributed by atoms with Gasteiger partial charge in [-0.15, -0.1) is 0 Å². The number of hydrogen-bond donors (Lipinski definition) is 0. The SMILES string of the molecule is COc1cc(C2C3=C(CC(C)(C)CC3=O)OC3=C2C(=O)CC(C)(C)C3)cc(I)c1OS(=O)(=O)c1ccccc1. The Labute approximate surface area is 242 Å². The molecule has 2 aromatic rings. The molecule has 0 bridgehead atoms. The summed E-state index contributed by atoms with van der Waals surface area (Å²) < 4.78 is 44.0. The Bertz CT molecular complexity index is 1500. The number of methoxy groups -OCH3 is 1. The summed E-state index contributed by atoms with van der Waals surface area (Å²) in [6.07, 6.45) is 1.86. The van der Waals surface area contributed by atoms with Crippen LogP contribution in [0, 0.1) is 14.4 Å². The molecule has 1 heterocycles. The highest BCUT2D eigenvalue weighted by molar-refractivity contribution is 14.1. The number of rotatable bonds is 5. The van der Waals surface area contributed by atoms with Crippen molar-refractivity contribution in [3.05, 3.63) is 74.3 Å². The Morgan fingerprint density at radius 1 is 0.872 bits per heavy atom. The molecule has 0 spiro atoms.